The fraction of sp³-hybridized carbons (Fsp3) is 0.778. The van der Waals surface area contributed by atoms with Gasteiger partial charge in [0.05, 0.1) is 0 Å². The molecule has 210 valence electrons. The van der Waals surface area contributed by atoms with Crippen LogP contribution in [0.25, 0.3) is 0 Å². The second-order valence-corrected chi connectivity index (χ2v) is 11.3. The third-order valence-electron chi connectivity index (χ3n) is 7.45. The summed E-state index contributed by atoms with van der Waals surface area (Å²) in [5, 5.41) is 0. The summed E-state index contributed by atoms with van der Waals surface area (Å²) in [6.45, 7) is 9.38. The fourth-order valence-electron chi connectivity index (χ4n) is 4.80. The molecule has 0 saturated carbocycles. The zero-order chi connectivity index (χ0) is 26.4. The van der Waals surface area contributed by atoms with Crippen LogP contribution in [0.1, 0.15) is 169 Å². The van der Waals surface area contributed by atoms with Crippen LogP contribution in [-0.4, -0.2) is 0 Å². The van der Waals surface area contributed by atoms with E-state index in [0.717, 1.165) is 11.8 Å². The predicted molar refractivity (Wildman–Crippen MR) is 168 cm³/mol. The van der Waals surface area contributed by atoms with Gasteiger partial charge in [-0.05, 0) is 115 Å². The first kappa shape index (κ1) is 35.0. The molecule has 0 atom stereocenters. The van der Waals surface area contributed by atoms with Crippen molar-refractivity contribution >= 4 is 0 Å². The molecule has 0 N–H and O–H groups in total. The van der Waals surface area contributed by atoms with Crippen LogP contribution in [0.15, 0.2) is 48.6 Å². The van der Waals surface area contributed by atoms with E-state index in [9.17, 15) is 0 Å². The third-order valence-corrected chi connectivity index (χ3v) is 7.45. The van der Waals surface area contributed by atoms with Gasteiger partial charge >= 0.3 is 0 Å². The molecule has 0 saturated heterocycles. The van der Waals surface area contributed by atoms with E-state index in [1.165, 1.54) is 141 Å². The first-order valence-electron chi connectivity index (χ1n) is 16.3. The summed E-state index contributed by atoms with van der Waals surface area (Å²) < 4.78 is 0. The third kappa shape index (κ3) is 27.5. The van der Waals surface area contributed by atoms with Crippen LogP contribution in [0.4, 0.5) is 0 Å². The van der Waals surface area contributed by atoms with Crippen molar-refractivity contribution in [2.75, 3.05) is 0 Å². The van der Waals surface area contributed by atoms with E-state index in [2.05, 4.69) is 76.3 Å². The zero-order valence-corrected chi connectivity index (χ0v) is 25.3. The Morgan fingerprint density at radius 3 is 0.917 bits per heavy atom. The molecule has 0 radical (unpaired) electrons. The number of hydrogen-bond acceptors (Lipinski definition) is 0. The molecule has 0 unspecified atom stereocenters. The molecule has 36 heavy (non-hydrogen) atoms. The molecule has 0 aliphatic heterocycles. The van der Waals surface area contributed by atoms with Crippen molar-refractivity contribution in [2.24, 2.45) is 11.8 Å². The summed E-state index contributed by atoms with van der Waals surface area (Å²) in [6.07, 6.45) is 48.6. The van der Waals surface area contributed by atoms with Crippen LogP contribution in [0.5, 0.6) is 0 Å². The van der Waals surface area contributed by atoms with Crippen LogP contribution >= 0.6 is 0 Å². The van der Waals surface area contributed by atoms with Crippen LogP contribution in [-0.2, 0) is 0 Å². The lowest BCUT2D eigenvalue weighted by Gasteiger charge is -2.19. The van der Waals surface area contributed by atoms with Gasteiger partial charge in [-0.15, -0.1) is 0 Å². The minimum absolute atomic E-state index is 0.803. The van der Waals surface area contributed by atoms with E-state index in [-0.39, 0.29) is 0 Å². The van der Waals surface area contributed by atoms with Crippen LogP contribution in [0.2, 0.25) is 0 Å². The lowest BCUT2D eigenvalue weighted by molar-refractivity contribution is 0.341. The lowest BCUT2D eigenvalue weighted by Crippen LogP contribution is -2.08. The van der Waals surface area contributed by atoms with Gasteiger partial charge in [-0.2, -0.15) is 0 Å². The van der Waals surface area contributed by atoms with Gasteiger partial charge in [0, 0.05) is 0 Å². The molecule has 0 amide bonds. The van der Waals surface area contributed by atoms with Gasteiger partial charge in [0.2, 0.25) is 0 Å². The molecule has 0 aliphatic carbocycles. The normalized spacial score (nSPS) is 12.7. The van der Waals surface area contributed by atoms with Gasteiger partial charge in [0.25, 0.3) is 0 Å². The summed E-state index contributed by atoms with van der Waals surface area (Å²) >= 11 is 0. The summed E-state index contributed by atoms with van der Waals surface area (Å²) in [5.74, 6) is 1.67. The van der Waals surface area contributed by atoms with Crippen LogP contribution in [0.3, 0.4) is 0 Å². The average Bonchev–Trinajstić information content (AvgIpc) is 2.87. The molecule has 0 heteroatoms. The standard InChI is InChI=1S/C36H66/c1-5-7-9-11-13-15-17-19-21-23-25-27-29-31-33-36(35(3)4)34-32-30-28-26-24-22-20-18-16-14-12-10-8-6-2/h13-16,27-30,35-36H,5-12,17-26,31-34H2,1-4H3/b15-13+,16-14+,29-27+,30-28+. The monoisotopic (exact) mass is 499 g/mol. The Bertz CT molecular complexity index is 474. The first-order valence-corrected chi connectivity index (χ1v) is 16.3. The highest BCUT2D eigenvalue weighted by Crippen LogP contribution is 2.23. The Kier molecular flexibility index (Phi) is 29.3. The first-order chi connectivity index (χ1) is 17.7. The predicted octanol–water partition coefficient (Wildman–Crippen LogP) is 13.1. The van der Waals surface area contributed by atoms with Gasteiger partial charge in [-0.3, -0.25) is 0 Å². The van der Waals surface area contributed by atoms with Gasteiger partial charge < -0.3 is 0 Å². The second-order valence-electron chi connectivity index (χ2n) is 11.3. The largest absolute Gasteiger partial charge is 0.0885 e. The van der Waals surface area contributed by atoms with E-state index in [4.69, 9.17) is 0 Å². The zero-order valence-electron chi connectivity index (χ0n) is 25.3. The molecule has 0 rings (SSSR count). The molecule has 0 aliphatic rings. The van der Waals surface area contributed by atoms with Crippen molar-refractivity contribution in [3.63, 3.8) is 0 Å². The summed E-state index contributed by atoms with van der Waals surface area (Å²) in [6, 6.07) is 0. The van der Waals surface area contributed by atoms with Crippen molar-refractivity contribution in [1.29, 1.82) is 0 Å². The van der Waals surface area contributed by atoms with Gasteiger partial charge in [-0.25, -0.2) is 0 Å². The molecular formula is C36H66. The highest BCUT2D eigenvalue weighted by molar-refractivity contribution is 4.86. The molecule has 0 nitrogen and oxygen atoms in total. The molecule has 0 fully saturated rings. The number of unbranched alkanes of at least 4 members (excludes halogenated alkanes) is 14. The van der Waals surface area contributed by atoms with Crippen molar-refractivity contribution in [2.45, 2.75) is 169 Å². The Morgan fingerprint density at radius 1 is 0.361 bits per heavy atom. The van der Waals surface area contributed by atoms with Crippen molar-refractivity contribution < 1.29 is 0 Å². The Morgan fingerprint density at radius 2 is 0.639 bits per heavy atom. The molecule has 0 heterocycles. The topological polar surface area (TPSA) is 0 Å². The van der Waals surface area contributed by atoms with Gasteiger partial charge in [0.1, 0.15) is 0 Å². The molecule has 0 spiro atoms. The van der Waals surface area contributed by atoms with Crippen LogP contribution in [0, 0.1) is 11.8 Å². The van der Waals surface area contributed by atoms with Crippen molar-refractivity contribution in [3.05, 3.63) is 48.6 Å². The smallest absolute Gasteiger partial charge is 0.0348 e. The van der Waals surface area contributed by atoms with E-state index in [1.807, 2.05) is 0 Å². The molecule has 0 bridgehead atoms. The average molecular weight is 499 g/mol. The van der Waals surface area contributed by atoms with E-state index >= 15 is 0 Å². The maximum atomic E-state index is 2.46. The number of hydrogen-bond donors (Lipinski definition) is 0. The highest BCUT2D eigenvalue weighted by Gasteiger charge is 2.11. The fourth-order valence-corrected chi connectivity index (χ4v) is 4.80. The van der Waals surface area contributed by atoms with Gasteiger partial charge in [0.15, 0.2) is 0 Å². The Labute approximate surface area is 229 Å². The van der Waals surface area contributed by atoms with E-state index in [1.54, 1.807) is 0 Å². The SMILES string of the molecule is CCCCC/C=C/CCCCC/C=C/CCC(CC/C=C/CCCCC/C=C/CCCCC)C(C)C. The lowest BCUT2D eigenvalue weighted by atomic mass is 9.87. The van der Waals surface area contributed by atoms with E-state index in [0.29, 0.717) is 0 Å². The second kappa shape index (κ2) is 30.2. The van der Waals surface area contributed by atoms with Crippen molar-refractivity contribution in [3.8, 4) is 0 Å². The Balaban J connectivity index is 3.64. The number of rotatable bonds is 27. The summed E-state index contributed by atoms with van der Waals surface area (Å²) in [5.41, 5.74) is 0. The quantitative estimate of drug-likeness (QED) is 0.0780. The molecular weight excluding hydrogens is 432 g/mol. The molecule has 0 aromatic heterocycles. The van der Waals surface area contributed by atoms with E-state index < -0.39 is 0 Å². The summed E-state index contributed by atoms with van der Waals surface area (Å²) in [4.78, 5) is 0. The molecule has 0 aromatic rings. The van der Waals surface area contributed by atoms with Crippen molar-refractivity contribution in [1.82, 2.24) is 0 Å². The van der Waals surface area contributed by atoms with Crippen LogP contribution < -0.4 is 0 Å². The summed E-state index contributed by atoms with van der Waals surface area (Å²) in [7, 11) is 0. The minimum Gasteiger partial charge on any atom is -0.0885 e. The highest BCUT2D eigenvalue weighted by atomic mass is 14.2. The maximum Gasteiger partial charge on any atom is -0.0348 e. The maximum absolute atomic E-state index is 2.46. The minimum atomic E-state index is 0.803. The van der Waals surface area contributed by atoms with Gasteiger partial charge in [-0.1, -0.05) is 115 Å². The molecule has 0 aromatic carbocycles. The number of allylic oxidation sites excluding steroid dienone is 8. The Hall–Kier alpha value is -1.04.